The van der Waals surface area contributed by atoms with Gasteiger partial charge in [0.15, 0.2) is 0 Å². The average molecular weight is 742 g/mol. The number of nitrogens with zero attached hydrogens (tertiary/aromatic N) is 1. The lowest BCUT2D eigenvalue weighted by molar-refractivity contribution is 0.437. The third kappa shape index (κ3) is 4.49. The molecule has 2 nitrogen and oxygen atoms in total. The molecule has 0 fully saturated rings. The van der Waals surface area contributed by atoms with E-state index in [1.54, 1.807) is 0 Å². The first-order chi connectivity index (χ1) is 28.5. The zero-order valence-electron chi connectivity index (χ0n) is 32.4. The van der Waals surface area contributed by atoms with Crippen molar-refractivity contribution in [3.8, 4) is 44.9 Å². The van der Waals surface area contributed by atoms with Crippen molar-refractivity contribution in [3.05, 3.63) is 234 Å². The third-order valence-corrected chi connectivity index (χ3v) is 13.1. The second-order valence-corrected chi connectivity index (χ2v) is 16.4. The molecule has 1 atom stereocenters. The number of benzene rings is 9. The van der Waals surface area contributed by atoms with Gasteiger partial charge < -0.3 is 9.64 Å². The second kappa shape index (κ2) is 12.2. The van der Waals surface area contributed by atoms with Crippen molar-refractivity contribution in [2.75, 3.05) is 4.90 Å². The molecule has 0 bridgehead atoms. The zero-order valence-corrected chi connectivity index (χ0v) is 32.4. The highest BCUT2D eigenvalue weighted by atomic mass is 16.5. The van der Waals surface area contributed by atoms with Gasteiger partial charge in [0.05, 0.1) is 5.41 Å². The summed E-state index contributed by atoms with van der Waals surface area (Å²) in [6, 6.07) is 73.5. The maximum atomic E-state index is 6.77. The highest BCUT2D eigenvalue weighted by Crippen LogP contribution is 2.64. The molecule has 1 unspecified atom stereocenters. The van der Waals surface area contributed by atoms with Crippen LogP contribution in [0.4, 0.5) is 17.1 Å². The Balaban J connectivity index is 1.03. The molecule has 1 spiro atoms. The van der Waals surface area contributed by atoms with E-state index in [1.807, 2.05) is 0 Å². The molecule has 0 saturated heterocycles. The molecule has 12 rings (SSSR count). The van der Waals surface area contributed by atoms with Crippen LogP contribution in [0.15, 0.2) is 200 Å². The Morgan fingerprint density at radius 3 is 1.76 bits per heavy atom. The van der Waals surface area contributed by atoms with E-state index in [1.165, 1.54) is 77.5 Å². The molecule has 0 N–H and O–H groups in total. The molecule has 58 heavy (non-hydrogen) atoms. The summed E-state index contributed by atoms with van der Waals surface area (Å²) in [4.78, 5) is 2.39. The number of hydrogen-bond donors (Lipinski definition) is 0. The minimum atomic E-state index is -0.540. The summed E-state index contributed by atoms with van der Waals surface area (Å²) in [6.45, 7) is 4.70. The van der Waals surface area contributed by atoms with Crippen LogP contribution in [-0.2, 0) is 10.8 Å². The summed E-state index contributed by atoms with van der Waals surface area (Å²) >= 11 is 0. The topological polar surface area (TPSA) is 12.5 Å². The van der Waals surface area contributed by atoms with E-state index in [9.17, 15) is 0 Å². The van der Waals surface area contributed by atoms with Crippen molar-refractivity contribution in [3.63, 3.8) is 0 Å². The molecule has 0 aromatic heterocycles. The second-order valence-electron chi connectivity index (χ2n) is 16.4. The summed E-state index contributed by atoms with van der Waals surface area (Å²) < 4.78 is 6.77. The van der Waals surface area contributed by atoms with Crippen LogP contribution in [0.25, 0.3) is 44.2 Å². The minimum absolute atomic E-state index is 0.0892. The summed E-state index contributed by atoms with van der Waals surface area (Å²) in [7, 11) is 0. The van der Waals surface area contributed by atoms with Gasteiger partial charge in [-0.15, -0.1) is 0 Å². The molecule has 0 radical (unpaired) electrons. The third-order valence-electron chi connectivity index (χ3n) is 13.1. The van der Waals surface area contributed by atoms with Gasteiger partial charge in [0.2, 0.25) is 0 Å². The number of ether oxygens (including phenoxy) is 1. The zero-order chi connectivity index (χ0) is 38.6. The summed E-state index contributed by atoms with van der Waals surface area (Å²) in [5, 5.41) is 2.38. The van der Waals surface area contributed by atoms with Gasteiger partial charge in [0.1, 0.15) is 11.5 Å². The average Bonchev–Trinajstić information content (AvgIpc) is 3.69. The van der Waals surface area contributed by atoms with E-state index >= 15 is 0 Å². The van der Waals surface area contributed by atoms with Gasteiger partial charge in [-0.25, -0.2) is 0 Å². The SMILES string of the molecule is CC1(C)c2ccccc2-c2ccc(N(c3ccccc3)c3ccc(-c4cccc5c4-c4ccccc4C54c5ccccc5Oc5cc6ccccc6cc54)cc3)cc21. The van der Waals surface area contributed by atoms with Gasteiger partial charge in [0, 0.05) is 33.6 Å². The molecule has 9 aromatic rings. The van der Waals surface area contributed by atoms with Crippen LogP contribution in [0.3, 0.4) is 0 Å². The lowest BCUT2D eigenvalue weighted by atomic mass is 9.65. The quantitative estimate of drug-likeness (QED) is 0.178. The Morgan fingerprint density at radius 1 is 0.362 bits per heavy atom. The molecule has 2 aliphatic carbocycles. The van der Waals surface area contributed by atoms with E-state index in [2.05, 4.69) is 219 Å². The molecule has 3 aliphatic rings. The van der Waals surface area contributed by atoms with Crippen LogP contribution >= 0.6 is 0 Å². The lowest BCUT2D eigenvalue weighted by Gasteiger charge is -2.39. The first kappa shape index (κ1) is 33.0. The van der Waals surface area contributed by atoms with Gasteiger partial charge in [-0.3, -0.25) is 0 Å². The van der Waals surface area contributed by atoms with Gasteiger partial charge in [0.25, 0.3) is 0 Å². The monoisotopic (exact) mass is 741 g/mol. The van der Waals surface area contributed by atoms with Crippen LogP contribution in [0, 0.1) is 0 Å². The van der Waals surface area contributed by atoms with Crippen molar-refractivity contribution < 1.29 is 4.74 Å². The largest absolute Gasteiger partial charge is 0.457 e. The summed E-state index contributed by atoms with van der Waals surface area (Å²) in [6.07, 6.45) is 0. The van der Waals surface area contributed by atoms with Gasteiger partial charge in [-0.2, -0.15) is 0 Å². The normalized spacial score (nSPS) is 16.1. The standard InChI is InChI=1S/C56H39NO/c1-55(2)46-22-10-8-19-43(46)44-32-31-41(35-50(44)55)57(39-17-4-3-5-18-39)40-29-27-36(28-30-40)42-21-14-25-49-54(42)45-20-9-11-23-47(45)56(49)48-24-12-13-26-52(48)58-53-34-38-16-7-6-15-37(38)33-51(53)56/h3-35H,1-2H3. The van der Waals surface area contributed by atoms with E-state index in [-0.39, 0.29) is 5.41 Å². The molecular formula is C56H39NO. The fraction of sp³-hybridized carbons (Fsp3) is 0.0714. The predicted molar refractivity (Wildman–Crippen MR) is 239 cm³/mol. The highest BCUT2D eigenvalue weighted by Gasteiger charge is 2.51. The Morgan fingerprint density at radius 2 is 0.948 bits per heavy atom. The fourth-order valence-corrected chi connectivity index (χ4v) is 10.5. The number of rotatable bonds is 4. The van der Waals surface area contributed by atoms with E-state index < -0.39 is 5.41 Å². The van der Waals surface area contributed by atoms with Crippen LogP contribution in [0.5, 0.6) is 11.5 Å². The fourth-order valence-electron chi connectivity index (χ4n) is 10.5. The first-order valence-corrected chi connectivity index (χ1v) is 20.3. The molecule has 0 saturated carbocycles. The molecular weight excluding hydrogens is 703 g/mol. The van der Waals surface area contributed by atoms with Crippen molar-refractivity contribution in [2.45, 2.75) is 24.7 Å². The van der Waals surface area contributed by atoms with Crippen LogP contribution < -0.4 is 9.64 Å². The van der Waals surface area contributed by atoms with Gasteiger partial charge >= 0.3 is 0 Å². The molecule has 2 heteroatoms. The number of hydrogen-bond acceptors (Lipinski definition) is 2. The van der Waals surface area contributed by atoms with Gasteiger partial charge in [-0.05, 0) is 121 Å². The van der Waals surface area contributed by atoms with E-state index in [0.717, 1.165) is 28.6 Å². The molecule has 1 heterocycles. The number of anilines is 3. The molecule has 274 valence electrons. The highest BCUT2D eigenvalue weighted by molar-refractivity contribution is 5.98. The summed E-state index contributed by atoms with van der Waals surface area (Å²) in [5.74, 6) is 1.82. The maximum absolute atomic E-state index is 6.77. The van der Waals surface area contributed by atoms with Crippen LogP contribution in [0.1, 0.15) is 47.2 Å². The minimum Gasteiger partial charge on any atom is -0.457 e. The van der Waals surface area contributed by atoms with E-state index in [0.29, 0.717) is 0 Å². The first-order valence-electron chi connectivity index (χ1n) is 20.3. The van der Waals surface area contributed by atoms with Crippen LogP contribution in [-0.4, -0.2) is 0 Å². The predicted octanol–water partition coefficient (Wildman–Crippen LogP) is 14.8. The Hall–Kier alpha value is -7.16. The Bertz CT molecular complexity index is 3120. The summed E-state index contributed by atoms with van der Waals surface area (Å²) in [5.41, 5.74) is 18.1. The lowest BCUT2D eigenvalue weighted by Crippen LogP contribution is -2.32. The van der Waals surface area contributed by atoms with Crippen molar-refractivity contribution in [1.82, 2.24) is 0 Å². The molecule has 0 amide bonds. The van der Waals surface area contributed by atoms with Crippen molar-refractivity contribution >= 4 is 27.8 Å². The van der Waals surface area contributed by atoms with Crippen LogP contribution in [0.2, 0.25) is 0 Å². The van der Waals surface area contributed by atoms with Crippen molar-refractivity contribution in [1.29, 1.82) is 0 Å². The molecule has 1 aliphatic heterocycles. The molecule has 9 aromatic carbocycles. The number of fused-ring (bicyclic) bond motifs is 13. The maximum Gasteiger partial charge on any atom is 0.132 e. The number of para-hydroxylation sites is 2. The van der Waals surface area contributed by atoms with E-state index in [4.69, 9.17) is 4.74 Å². The smallest absolute Gasteiger partial charge is 0.132 e. The Labute approximate surface area is 339 Å². The Kier molecular flexibility index (Phi) is 6.93. The van der Waals surface area contributed by atoms with Gasteiger partial charge in [-0.1, -0.05) is 159 Å². The van der Waals surface area contributed by atoms with Crippen molar-refractivity contribution in [2.24, 2.45) is 0 Å².